The van der Waals surface area contributed by atoms with E-state index in [-0.39, 0.29) is 17.9 Å². The zero-order valence-corrected chi connectivity index (χ0v) is 11.2. The monoisotopic (exact) mass is 260 g/mol. The van der Waals surface area contributed by atoms with Crippen molar-refractivity contribution in [1.29, 1.82) is 0 Å². The fourth-order valence-corrected chi connectivity index (χ4v) is 2.92. The first-order valence-corrected chi connectivity index (χ1v) is 6.91. The number of nitrogens with zero attached hydrogens (tertiary/aromatic N) is 1. The Morgan fingerprint density at radius 3 is 2.89 bits per heavy atom. The van der Waals surface area contributed by atoms with Gasteiger partial charge in [0, 0.05) is 25.2 Å². The summed E-state index contributed by atoms with van der Waals surface area (Å²) in [6.45, 7) is 0.993. The van der Waals surface area contributed by atoms with Gasteiger partial charge >= 0.3 is 0 Å². The van der Waals surface area contributed by atoms with Gasteiger partial charge in [0.05, 0.1) is 0 Å². The van der Waals surface area contributed by atoms with E-state index in [4.69, 9.17) is 10.5 Å². The van der Waals surface area contributed by atoms with Crippen LogP contribution < -0.4 is 10.5 Å². The van der Waals surface area contributed by atoms with E-state index in [0.717, 1.165) is 11.3 Å². The number of hydrogen-bond acceptors (Lipinski definition) is 3. The largest absolute Gasteiger partial charge is 0.492 e. The second kappa shape index (κ2) is 4.85. The molecule has 1 amide bonds. The molecule has 0 saturated heterocycles. The quantitative estimate of drug-likeness (QED) is 0.889. The fraction of sp³-hybridized carbons (Fsp3) is 0.533. The second-order valence-corrected chi connectivity index (χ2v) is 5.49. The van der Waals surface area contributed by atoms with E-state index in [1.54, 1.807) is 0 Å². The van der Waals surface area contributed by atoms with Gasteiger partial charge in [-0.2, -0.15) is 0 Å². The van der Waals surface area contributed by atoms with Crippen LogP contribution in [0.2, 0.25) is 0 Å². The number of ether oxygens (including phenoxy) is 1. The third-order valence-electron chi connectivity index (χ3n) is 4.25. The lowest BCUT2D eigenvalue weighted by Crippen LogP contribution is -2.45. The highest BCUT2D eigenvalue weighted by atomic mass is 16.5. The third-order valence-corrected chi connectivity index (χ3v) is 4.25. The molecule has 1 fully saturated rings. The first-order chi connectivity index (χ1) is 9.22. The molecule has 2 unspecified atom stereocenters. The predicted octanol–water partition coefficient (Wildman–Crippen LogP) is 1.36. The minimum absolute atomic E-state index is 0.132. The molecule has 1 aliphatic carbocycles. The van der Waals surface area contributed by atoms with Crippen molar-refractivity contribution in [3.63, 3.8) is 0 Å². The number of fused-ring (bicyclic) bond motifs is 1. The molecule has 2 N–H and O–H groups in total. The molecule has 1 aromatic rings. The summed E-state index contributed by atoms with van der Waals surface area (Å²) in [5, 5.41) is 0. The lowest BCUT2D eigenvalue weighted by atomic mass is 9.98. The number of benzene rings is 1. The van der Waals surface area contributed by atoms with Crippen LogP contribution in [0.1, 0.15) is 24.3 Å². The number of para-hydroxylation sites is 1. The molecule has 4 heteroatoms. The second-order valence-electron chi connectivity index (χ2n) is 5.49. The van der Waals surface area contributed by atoms with Crippen LogP contribution in [0.4, 0.5) is 0 Å². The molecule has 3 rings (SSSR count). The van der Waals surface area contributed by atoms with Crippen molar-refractivity contribution < 1.29 is 9.53 Å². The van der Waals surface area contributed by atoms with E-state index in [1.165, 1.54) is 12.8 Å². The summed E-state index contributed by atoms with van der Waals surface area (Å²) in [6, 6.07) is 7.97. The van der Waals surface area contributed by atoms with Crippen LogP contribution in [0.15, 0.2) is 24.3 Å². The topological polar surface area (TPSA) is 55.6 Å². The van der Waals surface area contributed by atoms with Gasteiger partial charge in [0.1, 0.15) is 18.3 Å². The molecular formula is C15H20N2O2. The number of carbonyl (C=O) groups is 1. The van der Waals surface area contributed by atoms with E-state index in [2.05, 4.69) is 0 Å². The Morgan fingerprint density at radius 1 is 1.47 bits per heavy atom. The van der Waals surface area contributed by atoms with Gasteiger partial charge in [-0.3, -0.25) is 4.79 Å². The van der Waals surface area contributed by atoms with Crippen LogP contribution in [0.3, 0.4) is 0 Å². The molecule has 19 heavy (non-hydrogen) atoms. The highest BCUT2D eigenvalue weighted by Gasteiger charge is 2.39. The Hall–Kier alpha value is -1.55. The van der Waals surface area contributed by atoms with Crippen LogP contribution in [0, 0.1) is 5.92 Å². The summed E-state index contributed by atoms with van der Waals surface area (Å²) in [5.41, 5.74) is 6.83. The Balaban J connectivity index is 1.77. The minimum atomic E-state index is -0.172. The molecule has 4 nitrogen and oxygen atoms in total. The van der Waals surface area contributed by atoms with Gasteiger partial charge in [-0.25, -0.2) is 0 Å². The van der Waals surface area contributed by atoms with E-state index >= 15 is 0 Å². The summed E-state index contributed by atoms with van der Waals surface area (Å²) in [6.07, 6.45) is 2.38. The molecule has 1 heterocycles. The standard InChI is InChI=1S/C15H20N2O2/c1-17(13(8-16)10-6-7-10)15(18)12-9-19-14-5-3-2-4-11(12)14/h2-5,10,12-13H,6-9,16H2,1H3. The minimum Gasteiger partial charge on any atom is -0.492 e. The molecule has 0 radical (unpaired) electrons. The Morgan fingerprint density at radius 2 is 2.21 bits per heavy atom. The highest BCUT2D eigenvalue weighted by Crippen LogP contribution is 2.38. The SMILES string of the molecule is CN(C(=O)C1COc2ccccc21)C(CN)C1CC1. The Kier molecular flexibility index (Phi) is 3.19. The third kappa shape index (κ3) is 2.21. The Bertz CT molecular complexity index is 485. The van der Waals surface area contributed by atoms with Gasteiger partial charge in [0.2, 0.25) is 5.91 Å². The molecule has 0 aromatic heterocycles. The van der Waals surface area contributed by atoms with Gasteiger partial charge in [-0.05, 0) is 24.8 Å². The van der Waals surface area contributed by atoms with E-state index < -0.39 is 0 Å². The number of amides is 1. The zero-order chi connectivity index (χ0) is 13.4. The van der Waals surface area contributed by atoms with Crippen molar-refractivity contribution in [2.75, 3.05) is 20.2 Å². The van der Waals surface area contributed by atoms with Gasteiger partial charge in [-0.15, -0.1) is 0 Å². The molecular weight excluding hydrogens is 240 g/mol. The summed E-state index contributed by atoms with van der Waals surface area (Å²) in [5.74, 6) is 1.39. The van der Waals surface area contributed by atoms with Crippen LogP contribution in [-0.2, 0) is 4.79 Å². The van der Waals surface area contributed by atoms with Crippen molar-refractivity contribution in [2.45, 2.75) is 24.8 Å². The lowest BCUT2D eigenvalue weighted by Gasteiger charge is -2.29. The van der Waals surface area contributed by atoms with Gasteiger partial charge < -0.3 is 15.4 Å². The maximum absolute atomic E-state index is 12.6. The van der Waals surface area contributed by atoms with Crippen LogP contribution in [0.5, 0.6) is 5.75 Å². The lowest BCUT2D eigenvalue weighted by molar-refractivity contribution is -0.134. The number of carbonyl (C=O) groups excluding carboxylic acids is 1. The number of likely N-dealkylation sites (N-methyl/N-ethyl adjacent to an activating group) is 1. The fourth-order valence-electron chi connectivity index (χ4n) is 2.92. The maximum atomic E-state index is 12.6. The van der Waals surface area contributed by atoms with Crippen molar-refractivity contribution in [2.24, 2.45) is 11.7 Å². The zero-order valence-electron chi connectivity index (χ0n) is 11.2. The summed E-state index contributed by atoms with van der Waals surface area (Å²) in [4.78, 5) is 14.5. The summed E-state index contributed by atoms with van der Waals surface area (Å²) >= 11 is 0. The highest BCUT2D eigenvalue weighted by molar-refractivity contribution is 5.85. The van der Waals surface area contributed by atoms with Crippen molar-refractivity contribution in [1.82, 2.24) is 4.90 Å². The smallest absolute Gasteiger partial charge is 0.233 e. The van der Waals surface area contributed by atoms with Crippen molar-refractivity contribution in [3.05, 3.63) is 29.8 Å². The van der Waals surface area contributed by atoms with E-state index in [0.29, 0.717) is 19.1 Å². The normalized spacial score (nSPS) is 22.5. The molecule has 0 bridgehead atoms. The molecule has 1 aromatic carbocycles. The average Bonchev–Trinajstić information content (AvgIpc) is 3.17. The van der Waals surface area contributed by atoms with Crippen molar-refractivity contribution in [3.8, 4) is 5.75 Å². The number of nitrogens with two attached hydrogens (primary N) is 1. The van der Waals surface area contributed by atoms with Gasteiger partial charge in [0.15, 0.2) is 0 Å². The maximum Gasteiger partial charge on any atom is 0.233 e. The van der Waals surface area contributed by atoms with Crippen molar-refractivity contribution >= 4 is 5.91 Å². The van der Waals surface area contributed by atoms with Gasteiger partial charge in [0.25, 0.3) is 0 Å². The molecule has 0 spiro atoms. The van der Waals surface area contributed by atoms with E-state index in [9.17, 15) is 4.79 Å². The molecule has 1 aliphatic heterocycles. The first kappa shape index (κ1) is 12.5. The molecule has 1 saturated carbocycles. The first-order valence-electron chi connectivity index (χ1n) is 6.91. The number of hydrogen-bond donors (Lipinski definition) is 1. The van der Waals surface area contributed by atoms with Crippen LogP contribution in [0.25, 0.3) is 0 Å². The van der Waals surface area contributed by atoms with Crippen LogP contribution in [-0.4, -0.2) is 37.0 Å². The summed E-state index contributed by atoms with van der Waals surface area (Å²) < 4.78 is 5.59. The number of rotatable bonds is 4. The molecule has 2 atom stereocenters. The molecule has 2 aliphatic rings. The van der Waals surface area contributed by atoms with E-state index in [1.807, 2.05) is 36.2 Å². The predicted molar refractivity (Wildman–Crippen MR) is 73.0 cm³/mol. The van der Waals surface area contributed by atoms with Crippen LogP contribution >= 0.6 is 0 Å². The van der Waals surface area contributed by atoms with Gasteiger partial charge in [-0.1, -0.05) is 18.2 Å². The average molecular weight is 260 g/mol. The summed E-state index contributed by atoms with van der Waals surface area (Å²) in [7, 11) is 1.87. The Labute approximate surface area is 113 Å². The molecule has 102 valence electrons.